The summed E-state index contributed by atoms with van der Waals surface area (Å²) in [6, 6.07) is 13.6. The molecule has 7 heteroatoms. The molecule has 2 rings (SSSR count). The van der Waals surface area contributed by atoms with Crippen LogP contribution in [0.15, 0.2) is 58.9 Å². The highest BCUT2D eigenvalue weighted by molar-refractivity contribution is 6.10. The Morgan fingerprint density at radius 3 is 2.37 bits per heavy atom. The minimum absolute atomic E-state index is 0.210. The Balaban J connectivity index is 2.20. The summed E-state index contributed by atoms with van der Waals surface area (Å²) in [5.41, 5.74) is 1.50. The number of rotatable bonds is 8. The molecule has 142 valence electrons. The SMILES string of the molecule is CCOC(=O)C(C)Oc1ccccc1C(=O)c1ccc(N=NN(C)C)cc1. The van der Waals surface area contributed by atoms with Crippen LogP contribution < -0.4 is 4.74 Å². The van der Waals surface area contributed by atoms with Crippen molar-refractivity contribution < 1.29 is 19.1 Å². The van der Waals surface area contributed by atoms with Crippen molar-refractivity contribution in [3.8, 4) is 5.75 Å². The minimum Gasteiger partial charge on any atom is -0.478 e. The molecule has 0 aliphatic rings. The van der Waals surface area contributed by atoms with E-state index in [1.165, 1.54) is 0 Å². The van der Waals surface area contributed by atoms with Gasteiger partial charge in [0.2, 0.25) is 0 Å². The standard InChI is InChI=1S/C20H23N3O4/c1-5-26-20(25)14(2)27-18-9-7-6-8-17(18)19(24)15-10-12-16(13-11-15)21-22-23(3)4/h6-14H,5H2,1-4H3. The van der Waals surface area contributed by atoms with E-state index in [9.17, 15) is 9.59 Å². The molecule has 0 aliphatic carbocycles. The van der Waals surface area contributed by atoms with E-state index in [-0.39, 0.29) is 12.4 Å². The van der Waals surface area contributed by atoms with Crippen molar-refractivity contribution in [3.05, 3.63) is 59.7 Å². The van der Waals surface area contributed by atoms with E-state index < -0.39 is 12.1 Å². The molecule has 0 bridgehead atoms. The lowest BCUT2D eigenvalue weighted by molar-refractivity contribution is -0.150. The van der Waals surface area contributed by atoms with Gasteiger partial charge in [-0.2, -0.15) is 0 Å². The summed E-state index contributed by atoms with van der Waals surface area (Å²) in [6.45, 7) is 3.58. The average molecular weight is 369 g/mol. The molecule has 0 fully saturated rings. The first-order chi connectivity index (χ1) is 12.9. The maximum Gasteiger partial charge on any atom is 0.347 e. The molecule has 0 N–H and O–H groups in total. The molecule has 2 aromatic carbocycles. The quantitative estimate of drug-likeness (QED) is 0.306. The smallest absolute Gasteiger partial charge is 0.347 e. The highest BCUT2D eigenvalue weighted by Gasteiger charge is 2.20. The van der Waals surface area contributed by atoms with Crippen molar-refractivity contribution in [2.75, 3.05) is 20.7 Å². The Morgan fingerprint density at radius 1 is 1.07 bits per heavy atom. The second-order valence-corrected chi connectivity index (χ2v) is 5.92. The maximum absolute atomic E-state index is 12.9. The van der Waals surface area contributed by atoms with Gasteiger partial charge in [-0.15, -0.1) is 5.11 Å². The lowest BCUT2D eigenvalue weighted by Crippen LogP contribution is -2.26. The molecule has 0 saturated heterocycles. The van der Waals surface area contributed by atoms with E-state index in [2.05, 4.69) is 10.3 Å². The lowest BCUT2D eigenvalue weighted by Gasteiger charge is -2.16. The summed E-state index contributed by atoms with van der Waals surface area (Å²) in [4.78, 5) is 24.7. The van der Waals surface area contributed by atoms with Gasteiger partial charge in [0, 0.05) is 19.7 Å². The Labute approximate surface area is 158 Å². The van der Waals surface area contributed by atoms with Crippen LogP contribution in [-0.2, 0) is 9.53 Å². The molecule has 27 heavy (non-hydrogen) atoms. The molecule has 7 nitrogen and oxygen atoms in total. The zero-order valence-electron chi connectivity index (χ0n) is 15.9. The van der Waals surface area contributed by atoms with Crippen LogP contribution in [0.25, 0.3) is 0 Å². The van der Waals surface area contributed by atoms with Gasteiger partial charge in [-0.3, -0.25) is 9.80 Å². The number of nitrogens with zero attached hydrogens (tertiary/aromatic N) is 3. The number of ether oxygens (including phenoxy) is 2. The molecule has 0 saturated carbocycles. The molecule has 0 radical (unpaired) electrons. The molecule has 0 amide bonds. The van der Waals surface area contributed by atoms with Crippen LogP contribution in [0, 0.1) is 0 Å². The fraction of sp³-hybridized carbons (Fsp3) is 0.300. The molecule has 0 aliphatic heterocycles. The van der Waals surface area contributed by atoms with Gasteiger partial charge in [0.1, 0.15) is 5.75 Å². The second-order valence-electron chi connectivity index (χ2n) is 5.92. The van der Waals surface area contributed by atoms with E-state index in [1.54, 1.807) is 81.5 Å². The van der Waals surface area contributed by atoms with E-state index in [0.29, 0.717) is 22.6 Å². The van der Waals surface area contributed by atoms with E-state index in [4.69, 9.17) is 9.47 Å². The number of benzene rings is 2. The third-order valence-corrected chi connectivity index (χ3v) is 3.52. The normalized spacial score (nSPS) is 11.9. The molecule has 0 aromatic heterocycles. The lowest BCUT2D eigenvalue weighted by atomic mass is 10.0. The molecule has 2 aromatic rings. The first-order valence-electron chi connectivity index (χ1n) is 8.58. The zero-order chi connectivity index (χ0) is 19.8. The van der Waals surface area contributed by atoms with Crippen LogP contribution in [0.4, 0.5) is 5.69 Å². The Kier molecular flexibility index (Phi) is 7.05. The average Bonchev–Trinajstić information content (AvgIpc) is 2.67. The number of carbonyl (C=O) groups is 2. The van der Waals surface area contributed by atoms with E-state index >= 15 is 0 Å². The molecule has 0 heterocycles. The zero-order valence-corrected chi connectivity index (χ0v) is 15.9. The number of hydrogen-bond acceptors (Lipinski definition) is 6. The minimum atomic E-state index is -0.812. The van der Waals surface area contributed by atoms with Gasteiger partial charge in [-0.05, 0) is 50.2 Å². The summed E-state index contributed by atoms with van der Waals surface area (Å²) in [7, 11) is 3.55. The van der Waals surface area contributed by atoms with Gasteiger partial charge >= 0.3 is 5.97 Å². The topological polar surface area (TPSA) is 80.6 Å². The van der Waals surface area contributed by atoms with Gasteiger partial charge in [-0.1, -0.05) is 17.4 Å². The third kappa shape index (κ3) is 5.64. The predicted molar refractivity (Wildman–Crippen MR) is 101 cm³/mol. The summed E-state index contributed by atoms with van der Waals surface area (Å²) in [5, 5.41) is 9.53. The van der Waals surface area contributed by atoms with E-state index in [1.807, 2.05) is 0 Å². The Morgan fingerprint density at radius 2 is 1.74 bits per heavy atom. The van der Waals surface area contributed by atoms with Crippen molar-refractivity contribution in [1.29, 1.82) is 0 Å². The predicted octanol–water partition coefficient (Wildman–Crippen LogP) is 3.81. The highest BCUT2D eigenvalue weighted by atomic mass is 16.6. The summed E-state index contributed by atoms with van der Waals surface area (Å²) >= 11 is 0. The van der Waals surface area contributed by atoms with Crippen molar-refractivity contribution in [1.82, 2.24) is 5.01 Å². The molecular weight excluding hydrogens is 346 g/mol. The van der Waals surface area contributed by atoms with E-state index in [0.717, 1.165) is 0 Å². The second kappa shape index (κ2) is 9.47. The van der Waals surface area contributed by atoms with Crippen LogP contribution >= 0.6 is 0 Å². The van der Waals surface area contributed by atoms with Crippen LogP contribution in [0.1, 0.15) is 29.8 Å². The van der Waals surface area contributed by atoms with Crippen LogP contribution in [0.3, 0.4) is 0 Å². The van der Waals surface area contributed by atoms with Crippen molar-refractivity contribution in [2.45, 2.75) is 20.0 Å². The van der Waals surface area contributed by atoms with Gasteiger partial charge in [0.15, 0.2) is 11.9 Å². The van der Waals surface area contributed by atoms with Gasteiger partial charge in [-0.25, -0.2) is 4.79 Å². The first-order valence-corrected chi connectivity index (χ1v) is 8.58. The summed E-state index contributed by atoms with van der Waals surface area (Å²) in [6.07, 6.45) is -0.812. The van der Waals surface area contributed by atoms with Crippen molar-refractivity contribution >= 4 is 17.4 Å². The number of para-hydroxylation sites is 1. The number of hydrogen-bond donors (Lipinski definition) is 0. The van der Waals surface area contributed by atoms with Crippen molar-refractivity contribution in [3.63, 3.8) is 0 Å². The van der Waals surface area contributed by atoms with Crippen LogP contribution in [0.2, 0.25) is 0 Å². The van der Waals surface area contributed by atoms with Crippen LogP contribution in [-0.4, -0.2) is 43.6 Å². The van der Waals surface area contributed by atoms with Gasteiger partial charge < -0.3 is 9.47 Å². The largest absolute Gasteiger partial charge is 0.478 e. The Bertz CT molecular complexity index is 816. The number of carbonyl (C=O) groups excluding carboxylic acids is 2. The Hall–Kier alpha value is -3.22. The highest BCUT2D eigenvalue weighted by Crippen LogP contribution is 2.24. The number of esters is 1. The van der Waals surface area contributed by atoms with Crippen LogP contribution in [0.5, 0.6) is 5.75 Å². The third-order valence-electron chi connectivity index (χ3n) is 3.52. The number of ketones is 1. The summed E-state index contributed by atoms with van der Waals surface area (Å²) < 4.78 is 10.6. The van der Waals surface area contributed by atoms with Gasteiger partial charge in [0.05, 0.1) is 17.9 Å². The summed E-state index contributed by atoms with van der Waals surface area (Å²) in [5.74, 6) is -0.354. The first kappa shape index (κ1) is 20.1. The molecular formula is C20H23N3O4. The monoisotopic (exact) mass is 369 g/mol. The maximum atomic E-state index is 12.9. The molecule has 0 spiro atoms. The fourth-order valence-corrected chi connectivity index (χ4v) is 2.23. The fourth-order valence-electron chi connectivity index (χ4n) is 2.23. The molecule has 1 atom stereocenters. The molecule has 1 unspecified atom stereocenters. The van der Waals surface area contributed by atoms with Crippen molar-refractivity contribution in [2.24, 2.45) is 10.3 Å². The van der Waals surface area contributed by atoms with Gasteiger partial charge in [0.25, 0.3) is 0 Å².